The van der Waals surface area contributed by atoms with Gasteiger partial charge in [-0.15, -0.1) is 16.4 Å². The van der Waals surface area contributed by atoms with Crippen molar-refractivity contribution in [2.45, 2.75) is 52.7 Å². The summed E-state index contributed by atoms with van der Waals surface area (Å²) >= 11 is 1.59. The molecule has 2 aromatic rings. The first kappa shape index (κ1) is 18.2. The summed E-state index contributed by atoms with van der Waals surface area (Å²) in [5, 5.41) is 12.3. The van der Waals surface area contributed by atoms with Crippen molar-refractivity contribution in [3.8, 4) is 11.5 Å². The predicted octanol–water partition coefficient (Wildman–Crippen LogP) is 3.91. The van der Waals surface area contributed by atoms with Crippen molar-refractivity contribution in [2.75, 3.05) is 19.8 Å². The molecule has 6 nitrogen and oxygen atoms in total. The van der Waals surface area contributed by atoms with Crippen LogP contribution in [0.15, 0.2) is 17.0 Å². The van der Waals surface area contributed by atoms with Gasteiger partial charge in [-0.05, 0) is 6.42 Å². The number of hydrogen-bond donors (Lipinski definition) is 0. The molecule has 3 rings (SSSR count). The zero-order valence-electron chi connectivity index (χ0n) is 15.1. The second kappa shape index (κ2) is 8.67. The Kier molecular flexibility index (Phi) is 6.31. The zero-order valence-corrected chi connectivity index (χ0v) is 15.9. The molecule has 25 heavy (non-hydrogen) atoms. The molecule has 0 atom stereocenters. The van der Waals surface area contributed by atoms with Gasteiger partial charge in [0.05, 0.1) is 38.0 Å². The first-order chi connectivity index (χ1) is 12.2. The summed E-state index contributed by atoms with van der Waals surface area (Å²) in [5.41, 5.74) is 0.695. The van der Waals surface area contributed by atoms with E-state index < -0.39 is 0 Å². The van der Waals surface area contributed by atoms with Gasteiger partial charge in [0, 0.05) is 17.3 Å². The quantitative estimate of drug-likeness (QED) is 0.631. The fourth-order valence-electron chi connectivity index (χ4n) is 2.73. The van der Waals surface area contributed by atoms with Gasteiger partial charge < -0.3 is 14.2 Å². The van der Waals surface area contributed by atoms with Gasteiger partial charge in [0.2, 0.25) is 0 Å². The highest BCUT2D eigenvalue weighted by Crippen LogP contribution is 2.36. The second-order valence-corrected chi connectivity index (χ2v) is 7.76. The number of thiophene rings is 1. The molecule has 0 spiro atoms. The molecular weight excluding hydrogens is 338 g/mol. The maximum Gasteiger partial charge on any atom is 0.171 e. The standard InChI is InChI=1S/C18H27N3O3S/c1-3-4-5-6-7-21-8-15(19-20-21)9-22-12-18(2)13-23-16-10-25-11-17(16)24-14-18/h8,10-11H,3-7,9,12-14H2,1-2H3. The minimum Gasteiger partial charge on any atom is -0.488 e. The highest BCUT2D eigenvalue weighted by atomic mass is 32.1. The van der Waals surface area contributed by atoms with Crippen LogP contribution in [0, 0.1) is 5.41 Å². The number of aryl methyl sites for hydroxylation is 1. The SMILES string of the molecule is CCCCCCn1cc(COCC2(C)COc3cscc3OC2)nn1. The highest BCUT2D eigenvalue weighted by Gasteiger charge is 2.31. The third kappa shape index (κ3) is 5.19. The molecule has 0 saturated carbocycles. The molecule has 1 aliphatic rings. The smallest absolute Gasteiger partial charge is 0.171 e. The lowest BCUT2D eigenvalue weighted by Crippen LogP contribution is -2.35. The van der Waals surface area contributed by atoms with Crippen molar-refractivity contribution in [3.05, 3.63) is 22.7 Å². The van der Waals surface area contributed by atoms with Crippen molar-refractivity contribution < 1.29 is 14.2 Å². The van der Waals surface area contributed by atoms with E-state index in [1.807, 2.05) is 21.6 Å². The Balaban J connectivity index is 1.40. The van der Waals surface area contributed by atoms with Crippen LogP contribution in [0.1, 0.15) is 45.2 Å². The van der Waals surface area contributed by atoms with Crippen molar-refractivity contribution in [2.24, 2.45) is 5.41 Å². The van der Waals surface area contributed by atoms with Crippen LogP contribution in [0.5, 0.6) is 11.5 Å². The van der Waals surface area contributed by atoms with E-state index >= 15 is 0 Å². The Morgan fingerprint density at radius 3 is 2.68 bits per heavy atom. The third-order valence-electron chi connectivity index (χ3n) is 4.27. The van der Waals surface area contributed by atoms with Crippen LogP contribution in [-0.4, -0.2) is 34.8 Å². The highest BCUT2D eigenvalue weighted by molar-refractivity contribution is 7.08. The van der Waals surface area contributed by atoms with Gasteiger partial charge in [-0.3, -0.25) is 4.68 Å². The van der Waals surface area contributed by atoms with Gasteiger partial charge in [0.1, 0.15) is 5.69 Å². The van der Waals surface area contributed by atoms with Crippen LogP contribution >= 0.6 is 11.3 Å². The summed E-state index contributed by atoms with van der Waals surface area (Å²) in [6.45, 7) is 7.45. The lowest BCUT2D eigenvalue weighted by atomic mass is 9.94. The Morgan fingerprint density at radius 1 is 1.20 bits per heavy atom. The van der Waals surface area contributed by atoms with Crippen LogP contribution in [0.2, 0.25) is 0 Å². The van der Waals surface area contributed by atoms with E-state index in [0.717, 1.165) is 30.2 Å². The number of rotatable bonds is 9. The summed E-state index contributed by atoms with van der Waals surface area (Å²) < 4.78 is 19.5. The second-order valence-electron chi connectivity index (χ2n) is 7.01. The van der Waals surface area contributed by atoms with Crippen molar-refractivity contribution in [1.82, 2.24) is 15.0 Å². The average molecular weight is 365 g/mol. The lowest BCUT2D eigenvalue weighted by Gasteiger charge is -2.25. The molecule has 0 N–H and O–H groups in total. The van der Waals surface area contributed by atoms with E-state index in [2.05, 4.69) is 24.2 Å². The number of unbranched alkanes of at least 4 members (excludes halogenated alkanes) is 3. The van der Waals surface area contributed by atoms with E-state index in [1.54, 1.807) is 11.3 Å². The number of hydrogen-bond acceptors (Lipinski definition) is 6. The van der Waals surface area contributed by atoms with Crippen LogP contribution in [0.3, 0.4) is 0 Å². The first-order valence-corrected chi connectivity index (χ1v) is 9.91. The van der Waals surface area contributed by atoms with Crippen LogP contribution in [-0.2, 0) is 17.9 Å². The first-order valence-electron chi connectivity index (χ1n) is 8.97. The average Bonchev–Trinajstić information content (AvgIpc) is 3.22. The largest absolute Gasteiger partial charge is 0.488 e. The minimum absolute atomic E-state index is 0.174. The summed E-state index contributed by atoms with van der Waals surface area (Å²) in [4.78, 5) is 0. The van der Waals surface area contributed by atoms with Gasteiger partial charge in [-0.1, -0.05) is 38.3 Å². The van der Waals surface area contributed by atoms with E-state index in [0.29, 0.717) is 26.4 Å². The molecule has 0 amide bonds. The number of ether oxygens (including phenoxy) is 3. The normalized spacial score (nSPS) is 15.9. The predicted molar refractivity (Wildman–Crippen MR) is 97.2 cm³/mol. The van der Waals surface area contributed by atoms with Crippen molar-refractivity contribution >= 4 is 11.3 Å². The maximum absolute atomic E-state index is 5.88. The molecule has 138 valence electrons. The number of fused-ring (bicyclic) bond motifs is 1. The van der Waals surface area contributed by atoms with Crippen LogP contribution < -0.4 is 9.47 Å². The monoisotopic (exact) mass is 365 g/mol. The molecule has 0 aromatic carbocycles. The van der Waals surface area contributed by atoms with E-state index in [4.69, 9.17) is 14.2 Å². The Hall–Kier alpha value is -1.60. The van der Waals surface area contributed by atoms with Gasteiger partial charge in [0.15, 0.2) is 11.5 Å². The van der Waals surface area contributed by atoms with Crippen molar-refractivity contribution in [1.29, 1.82) is 0 Å². The van der Waals surface area contributed by atoms with E-state index in [-0.39, 0.29) is 5.41 Å². The molecule has 3 heterocycles. The Morgan fingerprint density at radius 2 is 1.96 bits per heavy atom. The van der Waals surface area contributed by atoms with Crippen molar-refractivity contribution in [3.63, 3.8) is 0 Å². The van der Waals surface area contributed by atoms with Crippen LogP contribution in [0.25, 0.3) is 0 Å². The van der Waals surface area contributed by atoms with Gasteiger partial charge in [-0.2, -0.15) is 0 Å². The summed E-state index contributed by atoms with van der Waals surface area (Å²) in [6.07, 6.45) is 6.89. The molecule has 0 radical (unpaired) electrons. The van der Waals surface area contributed by atoms with Gasteiger partial charge in [-0.25, -0.2) is 0 Å². The van der Waals surface area contributed by atoms with Crippen LogP contribution in [0.4, 0.5) is 0 Å². The topological polar surface area (TPSA) is 58.4 Å². The summed E-state index contributed by atoms with van der Waals surface area (Å²) in [5.74, 6) is 1.67. The molecule has 7 heteroatoms. The molecule has 2 aromatic heterocycles. The lowest BCUT2D eigenvalue weighted by molar-refractivity contribution is -0.00151. The van der Waals surface area contributed by atoms with E-state index in [9.17, 15) is 0 Å². The zero-order chi connectivity index (χ0) is 17.5. The van der Waals surface area contributed by atoms with Gasteiger partial charge in [0.25, 0.3) is 0 Å². The molecular formula is C18H27N3O3S. The van der Waals surface area contributed by atoms with Gasteiger partial charge >= 0.3 is 0 Å². The minimum atomic E-state index is -0.174. The summed E-state index contributed by atoms with van der Waals surface area (Å²) in [6, 6.07) is 0. The fourth-order valence-corrected chi connectivity index (χ4v) is 3.41. The molecule has 0 saturated heterocycles. The maximum atomic E-state index is 5.88. The Labute approximate surface area is 153 Å². The number of nitrogens with zero attached hydrogens (tertiary/aromatic N) is 3. The molecule has 0 fully saturated rings. The Bertz CT molecular complexity index is 633. The molecule has 0 unspecified atom stereocenters. The van der Waals surface area contributed by atoms with E-state index in [1.165, 1.54) is 19.3 Å². The summed E-state index contributed by atoms with van der Waals surface area (Å²) in [7, 11) is 0. The fraction of sp³-hybridized carbons (Fsp3) is 0.667. The molecule has 0 bridgehead atoms. The third-order valence-corrected chi connectivity index (χ3v) is 4.97. The number of aromatic nitrogens is 3. The molecule has 1 aliphatic heterocycles. The molecule has 0 aliphatic carbocycles.